The molecule has 0 radical (unpaired) electrons. The number of aryl methyl sites for hydroxylation is 1. The lowest BCUT2D eigenvalue weighted by Crippen LogP contribution is -2.15. The van der Waals surface area contributed by atoms with Crippen molar-refractivity contribution in [3.05, 3.63) is 64.1 Å². The van der Waals surface area contributed by atoms with Gasteiger partial charge in [-0.1, -0.05) is 18.2 Å². The lowest BCUT2D eigenvalue weighted by molar-refractivity contribution is -0.111. The van der Waals surface area contributed by atoms with Gasteiger partial charge in [-0.05, 0) is 30.7 Å². The molecule has 1 aromatic carbocycles. The number of nitrogens with zero attached hydrogens (tertiary/aromatic N) is 1. The van der Waals surface area contributed by atoms with E-state index in [2.05, 4.69) is 0 Å². The summed E-state index contributed by atoms with van der Waals surface area (Å²) in [6.45, 7) is 1.85. The second-order valence-corrected chi connectivity index (χ2v) is 4.46. The fourth-order valence-corrected chi connectivity index (χ4v) is 1.97. The number of aromatic nitrogens is 1. The van der Waals surface area contributed by atoms with Crippen molar-refractivity contribution in [2.75, 3.05) is 0 Å². The highest BCUT2D eigenvalue weighted by Crippen LogP contribution is 2.11. The van der Waals surface area contributed by atoms with Gasteiger partial charge in [0.25, 0.3) is 0 Å². The maximum absolute atomic E-state index is 11.7. The lowest BCUT2D eigenvalue weighted by atomic mass is 10.2. The third-order valence-corrected chi connectivity index (χ3v) is 2.82. The largest absolute Gasteiger partial charge is 0.321 e. The van der Waals surface area contributed by atoms with Gasteiger partial charge in [-0.3, -0.25) is 9.59 Å². The van der Waals surface area contributed by atoms with Crippen LogP contribution in [0.4, 0.5) is 0 Å². The summed E-state index contributed by atoms with van der Waals surface area (Å²) in [5, 5.41) is -0.532. The van der Waals surface area contributed by atoms with Crippen molar-refractivity contribution in [1.29, 1.82) is 0 Å². The number of carbonyl (C=O) groups is 1. The Hall–Kier alpha value is -1.87. The zero-order chi connectivity index (χ0) is 13.1. The quantitative estimate of drug-likeness (QED) is 0.796. The molecule has 1 heterocycles. The van der Waals surface area contributed by atoms with Crippen LogP contribution in [0.25, 0.3) is 5.69 Å². The molecule has 0 fully saturated rings. The zero-order valence-corrected chi connectivity index (χ0v) is 10.6. The molecule has 2 rings (SSSR count). The average Bonchev–Trinajstić information content (AvgIpc) is 2.33. The lowest BCUT2D eigenvalue weighted by Gasteiger charge is -2.11. The second kappa shape index (κ2) is 5.19. The van der Waals surface area contributed by atoms with Crippen LogP contribution in [-0.2, 0) is 11.2 Å². The molecule has 0 saturated carbocycles. The van der Waals surface area contributed by atoms with E-state index in [4.69, 9.17) is 11.6 Å². The van der Waals surface area contributed by atoms with E-state index in [0.717, 1.165) is 11.4 Å². The Labute approximate surface area is 110 Å². The van der Waals surface area contributed by atoms with Crippen LogP contribution in [-0.4, -0.2) is 9.81 Å². The molecule has 0 atom stereocenters. The van der Waals surface area contributed by atoms with Gasteiger partial charge < -0.3 is 4.57 Å². The molecule has 0 unspecified atom stereocenters. The van der Waals surface area contributed by atoms with Crippen LogP contribution in [0.2, 0.25) is 0 Å². The van der Waals surface area contributed by atoms with Gasteiger partial charge in [0.05, 0.1) is 6.42 Å². The molecule has 4 heteroatoms. The van der Waals surface area contributed by atoms with E-state index in [9.17, 15) is 9.59 Å². The molecule has 18 heavy (non-hydrogen) atoms. The molecule has 2 aromatic rings. The van der Waals surface area contributed by atoms with Crippen LogP contribution in [0.15, 0.2) is 47.4 Å². The molecule has 0 amide bonds. The smallest absolute Gasteiger partial charge is 0.226 e. The summed E-state index contributed by atoms with van der Waals surface area (Å²) in [4.78, 5) is 22.7. The van der Waals surface area contributed by atoms with Gasteiger partial charge in [0.15, 0.2) is 5.43 Å². The summed E-state index contributed by atoms with van der Waals surface area (Å²) in [6.07, 6.45) is 1.63. The molecule has 0 N–H and O–H groups in total. The first kappa shape index (κ1) is 12.6. The van der Waals surface area contributed by atoms with Gasteiger partial charge in [0, 0.05) is 29.2 Å². The predicted octanol–water partition coefficient (Wildman–Crippen LogP) is 2.45. The molecule has 92 valence electrons. The molecule has 1 aromatic heterocycles. The molecule has 0 aliphatic rings. The van der Waals surface area contributed by atoms with E-state index < -0.39 is 5.24 Å². The molecule has 0 bridgehead atoms. The fourth-order valence-electron chi connectivity index (χ4n) is 1.82. The second-order valence-electron chi connectivity index (χ2n) is 4.04. The Morgan fingerprint density at radius 2 is 1.94 bits per heavy atom. The van der Waals surface area contributed by atoms with E-state index in [1.165, 1.54) is 6.07 Å². The van der Waals surface area contributed by atoms with Crippen molar-refractivity contribution in [3.63, 3.8) is 0 Å². The first-order valence-electron chi connectivity index (χ1n) is 5.54. The molecule has 0 saturated heterocycles. The third kappa shape index (κ3) is 2.68. The van der Waals surface area contributed by atoms with Crippen LogP contribution >= 0.6 is 11.6 Å². The molecule has 3 nitrogen and oxygen atoms in total. The summed E-state index contributed by atoms with van der Waals surface area (Å²) in [7, 11) is 0. The Morgan fingerprint density at radius 3 is 2.56 bits per heavy atom. The maximum Gasteiger partial charge on any atom is 0.226 e. The highest BCUT2D eigenvalue weighted by atomic mass is 35.5. The van der Waals surface area contributed by atoms with E-state index in [0.29, 0.717) is 5.56 Å². The monoisotopic (exact) mass is 261 g/mol. The highest BCUT2D eigenvalue weighted by Gasteiger charge is 2.08. The van der Waals surface area contributed by atoms with E-state index in [-0.39, 0.29) is 11.8 Å². The van der Waals surface area contributed by atoms with Crippen molar-refractivity contribution >= 4 is 16.8 Å². The van der Waals surface area contributed by atoms with Crippen LogP contribution < -0.4 is 5.43 Å². The van der Waals surface area contributed by atoms with Gasteiger partial charge >= 0.3 is 0 Å². The van der Waals surface area contributed by atoms with Crippen molar-refractivity contribution in [3.8, 4) is 5.69 Å². The Kier molecular flexibility index (Phi) is 3.63. The van der Waals surface area contributed by atoms with Gasteiger partial charge in [0.1, 0.15) is 0 Å². The average molecular weight is 262 g/mol. The maximum atomic E-state index is 11.7. The standard InChI is InChI=1S/C14H12ClNO2/c1-10-7-13(17)11(8-14(15)18)9-16(10)12-5-3-2-4-6-12/h2-7,9H,8H2,1H3. The summed E-state index contributed by atoms with van der Waals surface area (Å²) < 4.78 is 1.87. The van der Waals surface area contributed by atoms with Crippen LogP contribution in [0, 0.1) is 6.92 Å². The summed E-state index contributed by atoms with van der Waals surface area (Å²) in [6, 6.07) is 11.1. The summed E-state index contributed by atoms with van der Waals surface area (Å²) in [5.74, 6) is 0. The predicted molar refractivity (Wildman–Crippen MR) is 71.3 cm³/mol. The Bertz CT molecular complexity index is 632. The number of carbonyl (C=O) groups excluding carboxylic acids is 1. The van der Waals surface area contributed by atoms with Gasteiger partial charge in [-0.25, -0.2) is 0 Å². The van der Waals surface area contributed by atoms with Crippen molar-refractivity contribution in [1.82, 2.24) is 4.57 Å². The third-order valence-electron chi connectivity index (χ3n) is 2.69. The number of benzene rings is 1. The van der Waals surface area contributed by atoms with Crippen LogP contribution in [0.5, 0.6) is 0 Å². The Balaban J connectivity index is 2.55. The van der Waals surface area contributed by atoms with E-state index in [1.54, 1.807) is 6.20 Å². The summed E-state index contributed by atoms with van der Waals surface area (Å²) in [5.41, 5.74) is 2.01. The minimum atomic E-state index is -0.532. The number of rotatable bonds is 3. The van der Waals surface area contributed by atoms with Crippen LogP contribution in [0.3, 0.4) is 0 Å². The SMILES string of the molecule is Cc1cc(=O)c(CC(=O)Cl)cn1-c1ccccc1. The number of pyridine rings is 1. The fraction of sp³-hybridized carbons (Fsp3) is 0.143. The normalized spacial score (nSPS) is 10.3. The minimum absolute atomic E-state index is 0.0481. The van der Waals surface area contributed by atoms with Crippen molar-refractivity contribution in [2.24, 2.45) is 0 Å². The molecule has 0 aliphatic heterocycles. The number of para-hydroxylation sites is 1. The van der Waals surface area contributed by atoms with Gasteiger partial charge in [0.2, 0.25) is 5.24 Å². The first-order chi connectivity index (χ1) is 8.58. The minimum Gasteiger partial charge on any atom is -0.321 e. The van der Waals surface area contributed by atoms with E-state index >= 15 is 0 Å². The van der Waals surface area contributed by atoms with Crippen LogP contribution in [0.1, 0.15) is 11.3 Å². The zero-order valence-electron chi connectivity index (χ0n) is 9.89. The molecule has 0 spiro atoms. The van der Waals surface area contributed by atoms with Gasteiger partial charge in [-0.2, -0.15) is 0 Å². The van der Waals surface area contributed by atoms with Crippen molar-refractivity contribution < 1.29 is 4.79 Å². The highest BCUT2D eigenvalue weighted by molar-refractivity contribution is 6.63. The topological polar surface area (TPSA) is 39.1 Å². The number of hydrogen-bond donors (Lipinski definition) is 0. The number of halogens is 1. The number of hydrogen-bond acceptors (Lipinski definition) is 2. The molecular formula is C14H12ClNO2. The Morgan fingerprint density at radius 1 is 1.28 bits per heavy atom. The molecule has 0 aliphatic carbocycles. The van der Waals surface area contributed by atoms with E-state index in [1.807, 2.05) is 41.8 Å². The molecular weight excluding hydrogens is 250 g/mol. The first-order valence-corrected chi connectivity index (χ1v) is 5.91. The van der Waals surface area contributed by atoms with Gasteiger partial charge in [-0.15, -0.1) is 0 Å². The van der Waals surface area contributed by atoms with Crippen molar-refractivity contribution in [2.45, 2.75) is 13.3 Å². The summed E-state index contributed by atoms with van der Waals surface area (Å²) >= 11 is 5.34.